The third-order valence-corrected chi connectivity index (χ3v) is 5.20. The maximum Gasteiger partial charge on any atom is 0.417 e. The molecule has 1 N–H and O–H groups in total. The van der Waals surface area contributed by atoms with Crippen LogP contribution in [-0.2, 0) is 28.9 Å². The minimum atomic E-state index is -4.74. The van der Waals surface area contributed by atoms with Crippen molar-refractivity contribution in [1.29, 1.82) is 0 Å². The largest absolute Gasteiger partial charge is 0.489 e. The first-order valence-corrected chi connectivity index (χ1v) is 9.30. The van der Waals surface area contributed by atoms with Crippen molar-refractivity contribution >= 4 is 17.7 Å². The molecular formula is C21H17F3N2O4. The molecule has 1 fully saturated rings. The highest BCUT2D eigenvalue weighted by Crippen LogP contribution is 2.42. The fourth-order valence-electron chi connectivity index (χ4n) is 3.75. The van der Waals surface area contributed by atoms with Crippen molar-refractivity contribution in [2.75, 3.05) is 0 Å². The summed E-state index contributed by atoms with van der Waals surface area (Å²) in [6.45, 7) is -0.0836. The molecule has 0 radical (unpaired) electrons. The first kappa shape index (κ1) is 19.9. The first-order chi connectivity index (χ1) is 14.3. The van der Waals surface area contributed by atoms with Gasteiger partial charge in [-0.2, -0.15) is 13.2 Å². The Morgan fingerprint density at radius 2 is 1.80 bits per heavy atom. The molecule has 0 bridgehead atoms. The molecule has 2 heterocycles. The number of nitrogens with one attached hydrogen (secondary N) is 1. The molecule has 2 aromatic rings. The number of rotatable bonds is 4. The van der Waals surface area contributed by atoms with Crippen molar-refractivity contribution in [3.8, 4) is 5.75 Å². The van der Waals surface area contributed by atoms with Crippen LogP contribution < -0.4 is 10.1 Å². The molecular weight excluding hydrogens is 401 g/mol. The molecule has 1 unspecified atom stereocenters. The number of amides is 3. The van der Waals surface area contributed by atoms with E-state index in [1.54, 1.807) is 0 Å². The lowest BCUT2D eigenvalue weighted by atomic mass is 10.0. The van der Waals surface area contributed by atoms with Crippen molar-refractivity contribution < 1.29 is 32.3 Å². The summed E-state index contributed by atoms with van der Waals surface area (Å²) in [5, 5.41) is 2.13. The Morgan fingerprint density at radius 1 is 1.07 bits per heavy atom. The number of benzene rings is 2. The molecule has 0 saturated carbocycles. The number of carbonyl (C=O) groups is 3. The smallest absolute Gasteiger partial charge is 0.417 e. The van der Waals surface area contributed by atoms with Crippen LogP contribution in [0.5, 0.6) is 5.75 Å². The molecule has 30 heavy (non-hydrogen) atoms. The van der Waals surface area contributed by atoms with Crippen molar-refractivity contribution in [2.24, 2.45) is 0 Å². The molecule has 2 aliphatic heterocycles. The maximum absolute atomic E-state index is 13.6. The molecule has 9 heteroatoms. The van der Waals surface area contributed by atoms with Gasteiger partial charge in [0.15, 0.2) is 0 Å². The van der Waals surface area contributed by atoms with E-state index in [4.69, 9.17) is 4.74 Å². The van der Waals surface area contributed by atoms with E-state index in [9.17, 15) is 27.6 Å². The second-order valence-electron chi connectivity index (χ2n) is 7.14. The normalized spacial score (nSPS) is 19.0. The van der Waals surface area contributed by atoms with Crippen LogP contribution in [0.2, 0.25) is 0 Å². The summed E-state index contributed by atoms with van der Waals surface area (Å²) in [5.41, 5.74) is -0.657. The summed E-state index contributed by atoms with van der Waals surface area (Å²) in [5.74, 6) is -1.89. The Hall–Kier alpha value is -3.36. The summed E-state index contributed by atoms with van der Waals surface area (Å²) in [4.78, 5) is 37.6. The lowest BCUT2D eigenvalue weighted by Gasteiger charge is -2.29. The predicted molar refractivity (Wildman–Crippen MR) is 98.3 cm³/mol. The number of alkyl halides is 3. The van der Waals surface area contributed by atoms with E-state index < -0.39 is 41.1 Å². The lowest BCUT2D eigenvalue weighted by molar-refractivity contribution is -0.138. The predicted octanol–water partition coefficient (Wildman–Crippen LogP) is 3.05. The minimum Gasteiger partial charge on any atom is -0.489 e. The molecule has 0 spiro atoms. The van der Waals surface area contributed by atoms with Gasteiger partial charge >= 0.3 is 6.18 Å². The van der Waals surface area contributed by atoms with Gasteiger partial charge in [0.1, 0.15) is 18.4 Å². The van der Waals surface area contributed by atoms with Gasteiger partial charge in [0.25, 0.3) is 5.91 Å². The Morgan fingerprint density at radius 3 is 2.47 bits per heavy atom. The fraction of sp³-hybridized carbons (Fsp3) is 0.286. The number of imide groups is 1. The summed E-state index contributed by atoms with van der Waals surface area (Å²) in [6, 6.07) is 10.1. The van der Waals surface area contributed by atoms with Crippen LogP contribution in [0.4, 0.5) is 13.2 Å². The third-order valence-electron chi connectivity index (χ3n) is 5.20. The maximum atomic E-state index is 13.6. The van der Waals surface area contributed by atoms with Crippen molar-refractivity contribution in [3.63, 3.8) is 0 Å². The molecule has 2 aromatic carbocycles. The van der Waals surface area contributed by atoms with Crippen LogP contribution >= 0.6 is 0 Å². The van der Waals surface area contributed by atoms with Gasteiger partial charge in [-0.05, 0) is 24.1 Å². The van der Waals surface area contributed by atoms with E-state index in [1.807, 2.05) is 30.3 Å². The zero-order chi connectivity index (χ0) is 21.5. The van der Waals surface area contributed by atoms with Crippen LogP contribution in [0.3, 0.4) is 0 Å². The molecule has 1 saturated heterocycles. The van der Waals surface area contributed by atoms with E-state index in [1.165, 1.54) is 6.07 Å². The number of nitrogens with zero attached hydrogens (tertiary/aromatic N) is 1. The molecule has 3 amide bonds. The quantitative estimate of drug-likeness (QED) is 0.775. The van der Waals surface area contributed by atoms with E-state index in [2.05, 4.69) is 5.32 Å². The highest BCUT2D eigenvalue weighted by Gasteiger charge is 2.45. The van der Waals surface area contributed by atoms with Gasteiger partial charge in [-0.3, -0.25) is 19.7 Å². The molecule has 0 aliphatic carbocycles. The van der Waals surface area contributed by atoms with E-state index in [0.29, 0.717) is 0 Å². The molecule has 1 atom stereocenters. The second kappa shape index (κ2) is 7.47. The second-order valence-corrected chi connectivity index (χ2v) is 7.14. The minimum absolute atomic E-state index is 0.0139. The number of carbonyl (C=O) groups excluding carboxylic acids is 3. The number of halogens is 3. The average Bonchev–Trinajstić information content (AvgIpc) is 3.03. The number of ether oxygens (including phenoxy) is 1. The van der Waals surface area contributed by atoms with E-state index in [0.717, 1.165) is 16.5 Å². The Labute approximate surface area is 169 Å². The molecule has 0 aromatic heterocycles. The number of hydrogen-bond acceptors (Lipinski definition) is 4. The molecule has 156 valence electrons. The number of hydrogen-bond donors (Lipinski definition) is 1. The molecule has 4 rings (SSSR count). The van der Waals surface area contributed by atoms with Gasteiger partial charge < -0.3 is 9.64 Å². The van der Waals surface area contributed by atoms with Crippen LogP contribution in [0, 0.1) is 0 Å². The van der Waals surface area contributed by atoms with Gasteiger partial charge in [0.2, 0.25) is 11.8 Å². The summed E-state index contributed by atoms with van der Waals surface area (Å²) in [6.07, 6.45) is -4.66. The Kier molecular flexibility index (Phi) is 4.97. The summed E-state index contributed by atoms with van der Waals surface area (Å²) in [7, 11) is 0. The zero-order valence-electron chi connectivity index (χ0n) is 15.7. The standard InChI is InChI=1S/C21H17F3N2O4/c22-21(23,24)14-6-8-16(30-11-12-4-2-1-3-5-12)13-10-26(20(29)18(13)14)15-7-9-17(27)25-19(15)28/h1-6,8,15H,7,9-11H2,(H,25,27,28). The van der Waals surface area contributed by atoms with Gasteiger partial charge in [0, 0.05) is 12.0 Å². The Balaban J connectivity index is 1.68. The van der Waals surface area contributed by atoms with Gasteiger partial charge in [0.05, 0.1) is 17.7 Å². The topological polar surface area (TPSA) is 75.7 Å². The average molecular weight is 418 g/mol. The summed E-state index contributed by atoms with van der Waals surface area (Å²) < 4.78 is 46.4. The highest BCUT2D eigenvalue weighted by atomic mass is 19.4. The fourth-order valence-corrected chi connectivity index (χ4v) is 3.75. The van der Waals surface area contributed by atoms with Crippen molar-refractivity contribution in [1.82, 2.24) is 10.2 Å². The SMILES string of the molecule is O=C1CCC(N2Cc3c(OCc4ccccc4)ccc(C(F)(F)F)c3C2=O)C(=O)N1. The van der Waals surface area contributed by atoms with E-state index >= 15 is 0 Å². The van der Waals surface area contributed by atoms with Crippen LogP contribution in [0.1, 0.15) is 39.9 Å². The highest BCUT2D eigenvalue weighted by molar-refractivity contribution is 6.06. The zero-order valence-corrected chi connectivity index (χ0v) is 15.7. The van der Waals surface area contributed by atoms with Crippen LogP contribution in [-0.4, -0.2) is 28.7 Å². The van der Waals surface area contributed by atoms with Crippen LogP contribution in [0.15, 0.2) is 42.5 Å². The Bertz CT molecular complexity index is 1020. The molecule has 2 aliphatic rings. The van der Waals surface area contributed by atoms with Gasteiger partial charge in [-0.1, -0.05) is 30.3 Å². The van der Waals surface area contributed by atoms with E-state index in [-0.39, 0.29) is 37.3 Å². The van der Waals surface area contributed by atoms with Crippen molar-refractivity contribution in [2.45, 2.75) is 38.2 Å². The van der Waals surface area contributed by atoms with Gasteiger partial charge in [-0.15, -0.1) is 0 Å². The number of piperidine rings is 1. The first-order valence-electron chi connectivity index (χ1n) is 9.30. The lowest BCUT2D eigenvalue weighted by Crippen LogP contribution is -2.52. The van der Waals surface area contributed by atoms with Crippen molar-refractivity contribution in [3.05, 3.63) is 64.7 Å². The third kappa shape index (κ3) is 3.62. The van der Waals surface area contributed by atoms with Gasteiger partial charge in [-0.25, -0.2) is 0 Å². The van der Waals surface area contributed by atoms with Crippen LogP contribution in [0.25, 0.3) is 0 Å². The monoisotopic (exact) mass is 418 g/mol. The summed E-state index contributed by atoms with van der Waals surface area (Å²) >= 11 is 0. The number of fused-ring (bicyclic) bond motifs is 1. The molecule has 6 nitrogen and oxygen atoms in total.